The summed E-state index contributed by atoms with van der Waals surface area (Å²) in [5.41, 5.74) is 1.68. The molecule has 0 aromatic carbocycles. The van der Waals surface area contributed by atoms with E-state index in [1.807, 2.05) is 36.9 Å². The van der Waals surface area contributed by atoms with Crippen molar-refractivity contribution in [2.45, 2.75) is 56.3 Å². The maximum Gasteiger partial charge on any atom is 0.490 e. The van der Waals surface area contributed by atoms with Gasteiger partial charge in [0.1, 0.15) is 0 Å². The van der Waals surface area contributed by atoms with Gasteiger partial charge in [0.25, 0.3) is 0 Å². The molecule has 0 amide bonds. The summed E-state index contributed by atoms with van der Waals surface area (Å²) in [6.07, 6.45) is -2.72. The standard InChI is InChI=1S/C18H23N5.3C2HF3O2/c1-4-16(14-19-8-1)15-23-11-2-5-18(23)6-12-22(13-7-18)17-20-9-3-10-21-17;3*3-2(4,5)1(6)7/h1,3-4,8-10,14H,2,5-7,11-13,15H2;3*(H,6,7). The zero-order valence-electron chi connectivity index (χ0n) is 22.4. The molecule has 3 N–H and O–H groups in total. The molecule has 0 bridgehead atoms. The Balaban J connectivity index is 0.000000379. The van der Waals surface area contributed by atoms with Gasteiger partial charge in [-0.2, -0.15) is 39.5 Å². The van der Waals surface area contributed by atoms with E-state index in [1.54, 1.807) is 0 Å². The third kappa shape index (κ3) is 13.0. The quantitative estimate of drug-likeness (QED) is 0.404. The molecule has 2 saturated heterocycles. The fourth-order valence-electron chi connectivity index (χ4n) is 4.10. The first-order valence-electron chi connectivity index (χ1n) is 12.3. The minimum absolute atomic E-state index is 0.362. The second-order valence-electron chi connectivity index (χ2n) is 9.06. The van der Waals surface area contributed by atoms with Gasteiger partial charge in [0.05, 0.1) is 0 Å². The molecule has 2 aliphatic rings. The van der Waals surface area contributed by atoms with Crippen LogP contribution in [0.1, 0.15) is 31.2 Å². The van der Waals surface area contributed by atoms with Crippen LogP contribution >= 0.6 is 0 Å². The van der Waals surface area contributed by atoms with Crippen LogP contribution in [0.25, 0.3) is 0 Å². The molecule has 0 saturated carbocycles. The van der Waals surface area contributed by atoms with Crippen LogP contribution in [-0.4, -0.2) is 96.8 Å². The Morgan fingerprint density at radius 3 is 1.57 bits per heavy atom. The van der Waals surface area contributed by atoms with Gasteiger partial charge >= 0.3 is 36.4 Å². The monoisotopic (exact) mass is 651 g/mol. The van der Waals surface area contributed by atoms with Crippen LogP contribution in [0.15, 0.2) is 43.0 Å². The maximum absolute atomic E-state index is 10.6. The van der Waals surface area contributed by atoms with E-state index in [2.05, 4.69) is 30.8 Å². The summed E-state index contributed by atoms with van der Waals surface area (Å²) in [7, 11) is 0. The van der Waals surface area contributed by atoms with Gasteiger partial charge in [-0.25, -0.2) is 24.4 Å². The highest BCUT2D eigenvalue weighted by molar-refractivity contribution is 5.73. The number of pyridine rings is 1. The van der Waals surface area contributed by atoms with Crippen molar-refractivity contribution >= 4 is 23.9 Å². The van der Waals surface area contributed by atoms with E-state index in [0.29, 0.717) is 5.54 Å². The number of aliphatic carboxylic acids is 3. The highest BCUT2D eigenvalue weighted by atomic mass is 19.4. The summed E-state index contributed by atoms with van der Waals surface area (Å²) < 4.78 is 95.2. The van der Waals surface area contributed by atoms with Crippen molar-refractivity contribution in [1.82, 2.24) is 19.9 Å². The lowest BCUT2D eigenvalue weighted by atomic mass is 9.85. The first kappa shape index (κ1) is 37.8. The van der Waals surface area contributed by atoms with E-state index in [4.69, 9.17) is 29.7 Å². The molecule has 2 fully saturated rings. The number of piperidine rings is 1. The van der Waals surface area contributed by atoms with Crippen LogP contribution in [0.4, 0.5) is 45.5 Å². The molecule has 11 nitrogen and oxygen atoms in total. The highest BCUT2D eigenvalue weighted by Crippen LogP contribution is 2.39. The Labute approximate surface area is 243 Å². The van der Waals surface area contributed by atoms with E-state index in [1.165, 1.54) is 37.8 Å². The molecule has 1 spiro atoms. The fraction of sp³-hybridized carbons (Fsp3) is 0.500. The van der Waals surface area contributed by atoms with Gasteiger partial charge in [-0.3, -0.25) is 9.88 Å². The average molecular weight is 651 g/mol. The van der Waals surface area contributed by atoms with Crippen LogP contribution in [-0.2, 0) is 20.9 Å². The van der Waals surface area contributed by atoms with Crippen molar-refractivity contribution < 1.29 is 69.2 Å². The van der Waals surface area contributed by atoms with Crippen LogP contribution in [0.3, 0.4) is 0 Å². The number of rotatable bonds is 3. The number of nitrogens with zero attached hydrogens (tertiary/aromatic N) is 5. The number of halogens is 9. The molecule has 2 aromatic rings. The first-order chi connectivity index (χ1) is 20.2. The molecule has 4 rings (SSSR count). The molecular formula is C24H26F9N5O6. The summed E-state index contributed by atoms with van der Waals surface area (Å²) >= 11 is 0. The van der Waals surface area contributed by atoms with Crippen LogP contribution in [0.5, 0.6) is 0 Å². The summed E-state index contributed by atoms with van der Waals surface area (Å²) in [6, 6.07) is 6.10. The average Bonchev–Trinajstić information content (AvgIpc) is 3.30. The molecule has 2 aromatic heterocycles. The van der Waals surface area contributed by atoms with Gasteiger partial charge in [0.2, 0.25) is 5.95 Å². The van der Waals surface area contributed by atoms with E-state index in [9.17, 15) is 39.5 Å². The van der Waals surface area contributed by atoms with Crippen molar-refractivity contribution in [3.05, 3.63) is 48.5 Å². The Morgan fingerprint density at radius 1 is 0.727 bits per heavy atom. The van der Waals surface area contributed by atoms with Crippen LogP contribution in [0.2, 0.25) is 0 Å². The van der Waals surface area contributed by atoms with E-state index in [0.717, 1.165) is 25.6 Å². The van der Waals surface area contributed by atoms with Crippen molar-refractivity contribution in [3.63, 3.8) is 0 Å². The number of likely N-dealkylation sites (tertiary alicyclic amines) is 1. The lowest BCUT2D eigenvalue weighted by molar-refractivity contribution is -0.193. The van der Waals surface area contributed by atoms with Gasteiger partial charge in [0.15, 0.2) is 0 Å². The van der Waals surface area contributed by atoms with E-state index in [-0.39, 0.29) is 0 Å². The number of carbonyl (C=O) groups is 3. The predicted octanol–water partition coefficient (Wildman–Crippen LogP) is 4.41. The van der Waals surface area contributed by atoms with Crippen LogP contribution < -0.4 is 4.90 Å². The third-order valence-corrected chi connectivity index (χ3v) is 6.09. The Morgan fingerprint density at radius 2 is 1.18 bits per heavy atom. The molecule has 4 heterocycles. The number of anilines is 1. The zero-order chi connectivity index (χ0) is 33.8. The van der Waals surface area contributed by atoms with Crippen molar-refractivity contribution in [2.24, 2.45) is 0 Å². The third-order valence-electron chi connectivity index (χ3n) is 6.09. The Kier molecular flexibility index (Phi) is 13.8. The molecule has 20 heteroatoms. The van der Waals surface area contributed by atoms with Gasteiger partial charge in [-0.1, -0.05) is 6.07 Å². The van der Waals surface area contributed by atoms with Crippen molar-refractivity contribution in [3.8, 4) is 0 Å². The fourth-order valence-corrected chi connectivity index (χ4v) is 4.10. The molecule has 2 aliphatic heterocycles. The SMILES string of the molecule is O=C(O)C(F)(F)F.O=C(O)C(F)(F)F.O=C(O)C(F)(F)F.c1cnc(N2CCC3(CCCN3Cc3cccnc3)CC2)nc1. The number of aromatic nitrogens is 3. The number of carboxylic acid groups (broad SMARTS) is 3. The van der Waals surface area contributed by atoms with Crippen molar-refractivity contribution in [2.75, 3.05) is 24.5 Å². The van der Waals surface area contributed by atoms with E-state index >= 15 is 0 Å². The summed E-state index contributed by atoms with van der Waals surface area (Å²) in [5, 5.41) is 21.4. The number of hydrogen-bond donors (Lipinski definition) is 3. The number of carboxylic acids is 3. The molecular weight excluding hydrogens is 625 g/mol. The Bertz CT molecular complexity index is 1130. The van der Waals surface area contributed by atoms with Gasteiger partial charge in [-0.05, 0) is 49.9 Å². The lowest BCUT2D eigenvalue weighted by Crippen LogP contribution is -2.52. The predicted molar refractivity (Wildman–Crippen MR) is 131 cm³/mol. The highest BCUT2D eigenvalue weighted by Gasteiger charge is 2.43. The first-order valence-corrected chi connectivity index (χ1v) is 12.3. The van der Waals surface area contributed by atoms with Gasteiger partial charge < -0.3 is 20.2 Å². The Hall–Kier alpha value is -4.23. The second-order valence-corrected chi connectivity index (χ2v) is 9.06. The minimum Gasteiger partial charge on any atom is -0.475 e. The normalized spacial score (nSPS) is 16.3. The second kappa shape index (κ2) is 16.0. The number of alkyl halides is 9. The smallest absolute Gasteiger partial charge is 0.475 e. The van der Waals surface area contributed by atoms with Crippen LogP contribution in [0, 0.1) is 0 Å². The molecule has 0 unspecified atom stereocenters. The minimum atomic E-state index is -5.08. The maximum atomic E-state index is 10.6. The molecule has 0 aliphatic carbocycles. The summed E-state index contributed by atoms with van der Waals surface area (Å²) in [6.45, 7) is 4.33. The molecule has 0 atom stereocenters. The van der Waals surface area contributed by atoms with E-state index < -0.39 is 36.4 Å². The summed E-state index contributed by atoms with van der Waals surface area (Å²) in [4.78, 5) is 44.8. The topological polar surface area (TPSA) is 157 Å². The van der Waals surface area contributed by atoms with Gasteiger partial charge in [0, 0.05) is 50.0 Å². The van der Waals surface area contributed by atoms with Gasteiger partial charge in [-0.15, -0.1) is 0 Å². The lowest BCUT2D eigenvalue weighted by Gasteiger charge is -2.45. The van der Waals surface area contributed by atoms with Crippen molar-refractivity contribution in [1.29, 1.82) is 0 Å². The zero-order valence-corrected chi connectivity index (χ0v) is 22.4. The number of hydrogen-bond acceptors (Lipinski definition) is 8. The molecule has 44 heavy (non-hydrogen) atoms. The summed E-state index contributed by atoms with van der Waals surface area (Å²) in [5.74, 6) is -7.40. The largest absolute Gasteiger partial charge is 0.490 e. The molecule has 246 valence electrons. The molecule has 0 radical (unpaired) electrons.